The quantitative estimate of drug-likeness (QED) is 0.880. The molecule has 18 heavy (non-hydrogen) atoms. The third kappa shape index (κ3) is 2.59. The van der Waals surface area contributed by atoms with E-state index in [2.05, 4.69) is 9.97 Å². The van der Waals surface area contributed by atoms with Gasteiger partial charge in [0.2, 0.25) is 0 Å². The summed E-state index contributed by atoms with van der Waals surface area (Å²) < 4.78 is 1.99. The summed E-state index contributed by atoms with van der Waals surface area (Å²) in [6, 6.07) is 3.86. The summed E-state index contributed by atoms with van der Waals surface area (Å²) in [5.74, 6) is 0.850. The molecule has 0 unspecified atom stereocenters. The van der Waals surface area contributed by atoms with Gasteiger partial charge in [-0.15, -0.1) is 0 Å². The highest BCUT2D eigenvalue weighted by atomic mass is 16.3. The molecule has 0 bridgehead atoms. The topological polar surface area (TPSA) is 50.9 Å². The third-order valence-corrected chi connectivity index (χ3v) is 3.42. The maximum atomic E-state index is 10.4. The zero-order chi connectivity index (χ0) is 13.0. The van der Waals surface area contributed by atoms with Gasteiger partial charge in [0, 0.05) is 30.4 Å². The Morgan fingerprint density at radius 3 is 2.67 bits per heavy atom. The molecule has 2 aromatic rings. The molecule has 0 atom stereocenters. The Bertz CT molecular complexity index is 489. The number of imidazole rings is 1. The first-order valence-corrected chi connectivity index (χ1v) is 6.32. The summed E-state index contributed by atoms with van der Waals surface area (Å²) >= 11 is 0. The van der Waals surface area contributed by atoms with E-state index in [9.17, 15) is 5.11 Å². The van der Waals surface area contributed by atoms with Crippen LogP contribution in [0, 0.1) is 0 Å². The highest BCUT2D eigenvalue weighted by Gasteiger charge is 2.24. The molecule has 2 heterocycles. The molecule has 0 saturated heterocycles. The summed E-state index contributed by atoms with van der Waals surface area (Å²) in [6.45, 7) is 4.57. The first-order chi connectivity index (χ1) is 8.68. The Labute approximate surface area is 107 Å². The van der Waals surface area contributed by atoms with E-state index in [0.29, 0.717) is 6.54 Å². The van der Waals surface area contributed by atoms with Crippen LogP contribution >= 0.6 is 0 Å². The lowest BCUT2D eigenvalue weighted by molar-refractivity contribution is 0.0155. The third-order valence-electron chi connectivity index (χ3n) is 3.42. The van der Waals surface area contributed by atoms with E-state index in [4.69, 9.17) is 0 Å². The molecule has 4 heteroatoms. The van der Waals surface area contributed by atoms with Crippen molar-refractivity contribution in [2.24, 2.45) is 0 Å². The summed E-state index contributed by atoms with van der Waals surface area (Å²) in [4.78, 5) is 8.45. The molecule has 2 aromatic heterocycles. The van der Waals surface area contributed by atoms with E-state index < -0.39 is 5.60 Å². The molecule has 0 aliphatic carbocycles. The summed E-state index contributed by atoms with van der Waals surface area (Å²) in [6.07, 6.45) is 8.65. The van der Waals surface area contributed by atoms with Gasteiger partial charge >= 0.3 is 0 Å². The zero-order valence-electron chi connectivity index (χ0n) is 10.9. The van der Waals surface area contributed by atoms with Crippen molar-refractivity contribution in [2.75, 3.05) is 0 Å². The molecule has 96 valence electrons. The second-order valence-corrected chi connectivity index (χ2v) is 4.55. The van der Waals surface area contributed by atoms with E-state index in [0.717, 1.165) is 24.2 Å². The minimum absolute atomic E-state index is 0.560. The van der Waals surface area contributed by atoms with E-state index >= 15 is 0 Å². The lowest BCUT2D eigenvalue weighted by atomic mass is 9.97. The molecule has 0 aliphatic heterocycles. The molecular weight excluding hydrogens is 226 g/mol. The normalized spacial score (nSPS) is 11.7. The minimum atomic E-state index is -0.669. The van der Waals surface area contributed by atoms with Gasteiger partial charge in [-0.3, -0.25) is 4.98 Å². The van der Waals surface area contributed by atoms with E-state index in [1.807, 2.05) is 36.7 Å². The van der Waals surface area contributed by atoms with Crippen molar-refractivity contribution in [3.63, 3.8) is 0 Å². The number of nitrogens with zero attached hydrogens (tertiary/aromatic N) is 3. The van der Waals surface area contributed by atoms with Crippen LogP contribution in [0.4, 0.5) is 0 Å². The average molecular weight is 245 g/mol. The first kappa shape index (κ1) is 12.8. The zero-order valence-corrected chi connectivity index (χ0v) is 10.9. The predicted molar refractivity (Wildman–Crippen MR) is 71.0 cm³/mol. The van der Waals surface area contributed by atoms with Crippen molar-refractivity contribution in [3.05, 3.63) is 36.9 Å². The van der Waals surface area contributed by atoms with Crippen molar-refractivity contribution >= 4 is 0 Å². The lowest BCUT2D eigenvalue weighted by Crippen LogP contribution is -2.32. The molecule has 0 aliphatic rings. The van der Waals surface area contributed by atoms with Crippen molar-refractivity contribution in [2.45, 2.75) is 38.8 Å². The molecule has 0 fully saturated rings. The number of hydrogen-bond acceptors (Lipinski definition) is 3. The van der Waals surface area contributed by atoms with Crippen LogP contribution in [-0.2, 0) is 6.54 Å². The van der Waals surface area contributed by atoms with Gasteiger partial charge < -0.3 is 9.67 Å². The van der Waals surface area contributed by atoms with Crippen molar-refractivity contribution in [3.8, 4) is 11.4 Å². The molecule has 0 amide bonds. The molecular formula is C14H19N3O. The van der Waals surface area contributed by atoms with Crippen LogP contribution in [0.1, 0.15) is 26.7 Å². The van der Waals surface area contributed by atoms with Crippen molar-refractivity contribution in [1.82, 2.24) is 14.5 Å². The fourth-order valence-electron chi connectivity index (χ4n) is 1.98. The van der Waals surface area contributed by atoms with Gasteiger partial charge in [0.1, 0.15) is 5.82 Å². The average Bonchev–Trinajstić information content (AvgIpc) is 2.87. The standard InChI is InChI=1S/C14H19N3O/c1-3-14(18,4-2)11-17-9-8-16-13(17)12-6-5-7-15-10-12/h5-10,18H,3-4,11H2,1-2H3. The van der Waals surface area contributed by atoms with Crippen LogP contribution in [0.5, 0.6) is 0 Å². The summed E-state index contributed by atoms with van der Waals surface area (Å²) in [5, 5.41) is 10.4. The van der Waals surface area contributed by atoms with Gasteiger partial charge in [0.05, 0.1) is 12.1 Å². The molecule has 0 radical (unpaired) electrons. The molecule has 2 rings (SSSR count). The van der Waals surface area contributed by atoms with Crippen LogP contribution in [-0.4, -0.2) is 25.2 Å². The Kier molecular flexibility index (Phi) is 3.77. The highest BCUT2D eigenvalue weighted by molar-refractivity contribution is 5.53. The molecule has 4 nitrogen and oxygen atoms in total. The van der Waals surface area contributed by atoms with E-state index in [1.165, 1.54) is 0 Å². The second-order valence-electron chi connectivity index (χ2n) is 4.55. The monoisotopic (exact) mass is 245 g/mol. The molecule has 0 spiro atoms. The molecule has 0 saturated carbocycles. The fraction of sp³-hybridized carbons (Fsp3) is 0.429. The van der Waals surface area contributed by atoms with Crippen LogP contribution in [0.3, 0.4) is 0 Å². The molecule has 0 aromatic carbocycles. The number of aromatic nitrogens is 3. The Morgan fingerprint density at radius 1 is 1.28 bits per heavy atom. The Balaban J connectivity index is 2.29. The van der Waals surface area contributed by atoms with Crippen LogP contribution < -0.4 is 0 Å². The lowest BCUT2D eigenvalue weighted by Gasteiger charge is -2.26. The van der Waals surface area contributed by atoms with Gasteiger partial charge in [-0.2, -0.15) is 0 Å². The first-order valence-electron chi connectivity index (χ1n) is 6.32. The van der Waals surface area contributed by atoms with Crippen molar-refractivity contribution in [1.29, 1.82) is 0 Å². The van der Waals surface area contributed by atoms with Gasteiger partial charge in [-0.1, -0.05) is 13.8 Å². The SMILES string of the molecule is CCC(O)(CC)Cn1ccnc1-c1cccnc1. The fourth-order valence-corrected chi connectivity index (χ4v) is 1.98. The predicted octanol–water partition coefficient (Wildman–Crippen LogP) is 2.50. The minimum Gasteiger partial charge on any atom is -0.388 e. The van der Waals surface area contributed by atoms with Crippen LogP contribution in [0.2, 0.25) is 0 Å². The van der Waals surface area contributed by atoms with Crippen LogP contribution in [0.25, 0.3) is 11.4 Å². The largest absolute Gasteiger partial charge is 0.388 e. The number of hydrogen-bond donors (Lipinski definition) is 1. The van der Waals surface area contributed by atoms with Gasteiger partial charge in [0.25, 0.3) is 0 Å². The summed E-state index contributed by atoms with van der Waals surface area (Å²) in [7, 11) is 0. The number of aliphatic hydroxyl groups is 1. The molecule has 1 N–H and O–H groups in total. The van der Waals surface area contributed by atoms with E-state index in [-0.39, 0.29) is 0 Å². The number of rotatable bonds is 5. The Morgan fingerprint density at radius 2 is 2.06 bits per heavy atom. The van der Waals surface area contributed by atoms with Gasteiger partial charge in [-0.25, -0.2) is 4.98 Å². The van der Waals surface area contributed by atoms with Gasteiger partial charge in [-0.05, 0) is 25.0 Å². The second kappa shape index (κ2) is 5.31. The van der Waals surface area contributed by atoms with Crippen molar-refractivity contribution < 1.29 is 5.11 Å². The number of pyridine rings is 1. The van der Waals surface area contributed by atoms with Gasteiger partial charge in [0.15, 0.2) is 0 Å². The Hall–Kier alpha value is -1.68. The maximum absolute atomic E-state index is 10.4. The smallest absolute Gasteiger partial charge is 0.141 e. The summed E-state index contributed by atoms with van der Waals surface area (Å²) in [5.41, 5.74) is 0.301. The van der Waals surface area contributed by atoms with Crippen LogP contribution in [0.15, 0.2) is 36.9 Å². The van der Waals surface area contributed by atoms with E-state index in [1.54, 1.807) is 18.6 Å². The maximum Gasteiger partial charge on any atom is 0.141 e. The highest BCUT2D eigenvalue weighted by Crippen LogP contribution is 2.22.